The van der Waals surface area contributed by atoms with Gasteiger partial charge in [-0.3, -0.25) is 4.79 Å². The maximum Gasteiger partial charge on any atom is 0.337 e. The van der Waals surface area contributed by atoms with E-state index in [9.17, 15) is 14.7 Å². The van der Waals surface area contributed by atoms with Crippen LogP contribution in [0.2, 0.25) is 0 Å². The lowest BCUT2D eigenvalue weighted by molar-refractivity contribution is -0.119. The Balaban J connectivity index is 2.24. The zero-order valence-corrected chi connectivity index (χ0v) is 14.0. The number of hydrogen-bond donors (Lipinski definition) is 2. The fraction of sp³-hybridized carbons (Fsp3) is 0.385. The molecule has 1 aromatic rings. The lowest BCUT2D eigenvalue weighted by atomic mass is 10.1. The number of halogens is 2. The van der Waals surface area contributed by atoms with Gasteiger partial charge in [-0.25, -0.2) is 4.79 Å². The number of hydrogen-bond acceptors (Lipinski definition) is 3. The molecule has 1 unspecified atom stereocenters. The number of carbonyl (C=O) groups excluding carboxylic acids is 1. The van der Waals surface area contributed by atoms with E-state index in [0.717, 1.165) is 13.0 Å². The van der Waals surface area contributed by atoms with Gasteiger partial charge in [0, 0.05) is 15.5 Å². The summed E-state index contributed by atoms with van der Waals surface area (Å²) in [5.41, 5.74) is 0.367. The first-order valence-electron chi connectivity index (χ1n) is 6.10. The topological polar surface area (TPSA) is 69.6 Å². The number of carbonyl (C=O) groups is 2. The molecular formula is C13H14Br2N2O3. The molecule has 0 bridgehead atoms. The van der Waals surface area contributed by atoms with Crippen LogP contribution in [-0.4, -0.2) is 42.0 Å². The molecule has 1 atom stereocenters. The van der Waals surface area contributed by atoms with Crippen molar-refractivity contribution in [3.63, 3.8) is 0 Å². The van der Waals surface area contributed by atoms with Gasteiger partial charge in [0.2, 0.25) is 5.91 Å². The minimum Gasteiger partial charge on any atom is -0.478 e. The maximum absolute atomic E-state index is 12.2. The van der Waals surface area contributed by atoms with Gasteiger partial charge in [0.1, 0.15) is 0 Å². The van der Waals surface area contributed by atoms with Crippen molar-refractivity contribution in [1.29, 1.82) is 0 Å². The second kappa shape index (κ2) is 6.24. The van der Waals surface area contributed by atoms with Gasteiger partial charge in [-0.15, -0.1) is 0 Å². The van der Waals surface area contributed by atoms with Crippen molar-refractivity contribution in [2.75, 3.05) is 25.5 Å². The second-order valence-corrected chi connectivity index (χ2v) is 6.62. The average molecular weight is 406 g/mol. The normalized spacial score (nSPS) is 19.1. The number of rotatable bonds is 3. The largest absolute Gasteiger partial charge is 0.478 e. The van der Waals surface area contributed by atoms with Gasteiger partial charge >= 0.3 is 5.97 Å². The van der Waals surface area contributed by atoms with Crippen LogP contribution in [0.4, 0.5) is 5.69 Å². The van der Waals surface area contributed by atoms with Crippen LogP contribution in [0.5, 0.6) is 0 Å². The Bertz CT molecular complexity index is 563. The Morgan fingerprint density at radius 3 is 2.65 bits per heavy atom. The fourth-order valence-electron chi connectivity index (χ4n) is 2.24. The molecule has 2 N–H and O–H groups in total. The summed E-state index contributed by atoms with van der Waals surface area (Å²) in [6.45, 7) is 1.58. The minimum atomic E-state index is -1.08. The number of nitrogens with zero attached hydrogens (tertiary/aromatic N) is 1. The Morgan fingerprint density at radius 2 is 2.10 bits per heavy atom. The van der Waals surface area contributed by atoms with Crippen molar-refractivity contribution in [1.82, 2.24) is 4.90 Å². The first-order chi connectivity index (χ1) is 9.38. The summed E-state index contributed by atoms with van der Waals surface area (Å²) in [4.78, 5) is 25.6. The van der Waals surface area contributed by atoms with Crippen LogP contribution >= 0.6 is 31.9 Å². The summed E-state index contributed by atoms with van der Waals surface area (Å²) in [5.74, 6) is -1.32. The number of likely N-dealkylation sites (tertiary alicyclic amines) is 1. The highest BCUT2D eigenvalue weighted by atomic mass is 79.9. The van der Waals surface area contributed by atoms with Gasteiger partial charge in [-0.1, -0.05) is 15.9 Å². The molecule has 0 spiro atoms. The average Bonchev–Trinajstić information content (AvgIpc) is 2.78. The van der Waals surface area contributed by atoms with Crippen molar-refractivity contribution in [2.45, 2.75) is 6.42 Å². The highest BCUT2D eigenvalue weighted by Gasteiger charge is 2.27. The van der Waals surface area contributed by atoms with Crippen LogP contribution in [0, 0.1) is 5.92 Å². The molecule has 1 heterocycles. The van der Waals surface area contributed by atoms with Crippen LogP contribution in [0.3, 0.4) is 0 Å². The molecule has 1 aliphatic rings. The molecule has 1 fully saturated rings. The highest BCUT2D eigenvalue weighted by Crippen LogP contribution is 2.31. The molecule has 1 saturated heterocycles. The number of nitrogens with one attached hydrogen (secondary N) is 1. The number of anilines is 1. The smallest absolute Gasteiger partial charge is 0.337 e. The minimum absolute atomic E-state index is 0.0611. The molecular weight excluding hydrogens is 392 g/mol. The molecule has 7 heteroatoms. The van der Waals surface area contributed by atoms with Gasteiger partial charge in [-0.05, 0) is 48.1 Å². The van der Waals surface area contributed by atoms with Gasteiger partial charge in [0.05, 0.1) is 17.2 Å². The van der Waals surface area contributed by atoms with Crippen LogP contribution in [0.25, 0.3) is 0 Å². The first kappa shape index (κ1) is 15.5. The second-order valence-electron chi connectivity index (χ2n) is 4.85. The van der Waals surface area contributed by atoms with E-state index >= 15 is 0 Å². The molecule has 108 valence electrons. The molecule has 0 saturated carbocycles. The van der Waals surface area contributed by atoms with Crippen molar-refractivity contribution in [2.24, 2.45) is 5.92 Å². The Morgan fingerprint density at radius 1 is 1.40 bits per heavy atom. The lowest BCUT2D eigenvalue weighted by Crippen LogP contribution is -2.26. The number of aromatic carboxylic acids is 1. The third kappa shape index (κ3) is 3.39. The van der Waals surface area contributed by atoms with Crippen LogP contribution in [0.15, 0.2) is 21.1 Å². The van der Waals surface area contributed by atoms with E-state index in [1.807, 2.05) is 7.05 Å². The monoisotopic (exact) mass is 404 g/mol. The summed E-state index contributed by atoms with van der Waals surface area (Å²) in [5, 5.41) is 12.0. The zero-order valence-electron chi connectivity index (χ0n) is 10.8. The molecule has 5 nitrogen and oxygen atoms in total. The number of benzene rings is 1. The molecule has 1 aromatic carbocycles. The van der Waals surface area contributed by atoms with E-state index < -0.39 is 5.97 Å². The van der Waals surface area contributed by atoms with Crippen LogP contribution in [0.1, 0.15) is 16.8 Å². The SMILES string of the molecule is CN1CCC(C(=O)Nc2c(Br)cc(Br)cc2C(=O)O)C1. The zero-order chi connectivity index (χ0) is 14.9. The molecule has 0 aromatic heterocycles. The Kier molecular flexibility index (Phi) is 4.82. The van der Waals surface area contributed by atoms with E-state index in [1.54, 1.807) is 6.07 Å². The quantitative estimate of drug-likeness (QED) is 0.811. The summed E-state index contributed by atoms with van der Waals surface area (Å²) >= 11 is 6.54. The van der Waals surface area contributed by atoms with Crippen molar-refractivity contribution in [3.8, 4) is 0 Å². The molecule has 1 amide bonds. The molecule has 2 rings (SSSR count). The lowest BCUT2D eigenvalue weighted by Gasteiger charge is -2.15. The van der Waals surface area contributed by atoms with Crippen molar-refractivity contribution < 1.29 is 14.7 Å². The predicted molar refractivity (Wildman–Crippen MR) is 83.0 cm³/mol. The Hall–Kier alpha value is -0.920. The van der Waals surface area contributed by atoms with E-state index in [2.05, 4.69) is 42.1 Å². The summed E-state index contributed by atoms with van der Waals surface area (Å²) < 4.78 is 1.18. The van der Waals surface area contributed by atoms with E-state index in [0.29, 0.717) is 21.2 Å². The van der Waals surface area contributed by atoms with E-state index in [4.69, 9.17) is 0 Å². The third-order valence-electron chi connectivity index (χ3n) is 3.30. The van der Waals surface area contributed by atoms with Gasteiger partial charge < -0.3 is 15.3 Å². The fourth-order valence-corrected chi connectivity index (χ4v) is 3.57. The van der Waals surface area contributed by atoms with Crippen molar-refractivity contribution >= 4 is 49.4 Å². The first-order valence-corrected chi connectivity index (χ1v) is 7.69. The molecule has 0 aliphatic carbocycles. The maximum atomic E-state index is 12.2. The van der Waals surface area contributed by atoms with Gasteiger partial charge in [-0.2, -0.15) is 0 Å². The third-order valence-corrected chi connectivity index (χ3v) is 4.38. The van der Waals surface area contributed by atoms with Gasteiger partial charge in [0.15, 0.2) is 0 Å². The standard InChI is InChI=1S/C13H14Br2N2O3/c1-17-3-2-7(6-17)12(18)16-11-9(13(19)20)4-8(14)5-10(11)15/h4-5,7H,2-3,6H2,1H3,(H,16,18)(H,19,20). The van der Waals surface area contributed by atoms with E-state index in [-0.39, 0.29) is 17.4 Å². The van der Waals surface area contributed by atoms with E-state index in [1.165, 1.54) is 6.07 Å². The summed E-state index contributed by atoms with van der Waals surface area (Å²) in [6.07, 6.45) is 0.791. The Labute approximate surface area is 133 Å². The summed E-state index contributed by atoms with van der Waals surface area (Å²) in [7, 11) is 1.96. The van der Waals surface area contributed by atoms with Crippen LogP contribution < -0.4 is 5.32 Å². The predicted octanol–water partition coefficient (Wildman–Crippen LogP) is 2.80. The molecule has 1 aliphatic heterocycles. The number of carboxylic acids is 1. The van der Waals surface area contributed by atoms with Crippen LogP contribution in [-0.2, 0) is 4.79 Å². The molecule has 0 radical (unpaired) electrons. The van der Waals surface area contributed by atoms with Gasteiger partial charge in [0.25, 0.3) is 0 Å². The highest BCUT2D eigenvalue weighted by molar-refractivity contribution is 9.11. The van der Waals surface area contributed by atoms with Crippen molar-refractivity contribution in [3.05, 3.63) is 26.6 Å². The number of amides is 1. The molecule has 20 heavy (non-hydrogen) atoms. The number of carboxylic acid groups (broad SMARTS) is 1. The summed E-state index contributed by atoms with van der Waals surface area (Å²) in [6, 6.07) is 3.19.